The third-order valence-corrected chi connectivity index (χ3v) is 3.47. The van der Waals surface area contributed by atoms with E-state index in [4.69, 9.17) is 5.11 Å². The van der Waals surface area contributed by atoms with Crippen LogP contribution in [-0.4, -0.2) is 22.5 Å². The van der Waals surface area contributed by atoms with Crippen LogP contribution >= 0.6 is 0 Å². The molecule has 4 heteroatoms. The molecule has 0 radical (unpaired) electrons. The molecule has 0 bridgehead atoms. The molecule has 92 valence electrons. The lowest BCUT2D eigenvalue weighted by Crippen LogP contribution is -2.48. The zero-order chi connectivity index (χ0) is 12.2. The predicted molar refractivity (Wildman–Crippen MR) is 61.0 cm³/mol. The zero-order valence-electron chi connectivity index (χ0n) is 10.1. The molecule has 16 heavy (non-hydrogen) atoms. The van der Waals surface area contributed by atoms with Crippen LogP contribution < -0.4 is 5.32 Å². The Bertz CT molecular complexity index is 271. The van der Waals surface area contributed by atoms with Crippen molar-refractivity contribution in [3.05, 3.63) is 0 Å². The summed E-state index contributed by atoms with van der Waals surface area (Å²) >= 11 is 0. The van der Waals surface area contributed by atoms with Gasteiger partial charge in [-0.15, -0.1) is 0 Å². The molecular weight excluding hydrogens is 206 g/mol. The van der Waals surface area contributed by atoms with Crippen molar-refractivity contribution in [3.63, 3.8) is 0 Å². The summed E-state index contributed by atoms with van der Waals surface area (Å²) in [5.41, 5.74) is -0.606. The number of rotatable bonds is 5. The maximum Gasteiger partial charge on any atom is 0.305 e. The minimum atomic E-state index is -0.865. The summed E-state index contributed by atoms with van der Waals surface area (Å²) in [7, 11) is 0. The van der Waals surface area contributed by atoms with E-state index < -0.39 is 11.5 Å². The molecule has 1 aliphatic rings. The molecule has 0 aromatic rings. The Hall–Kier alpha value is -1.06. The van der Waals surface area contributed by atoms with Crippen molar-refractivity contribution in [2.75, 3.05) is 0 Å². The third-order valence-electron chi connectivity index (χ3n) is 3.47. The maximum absolute atomic E-state index is 11.9. The Morgan fingerprint density at radius 3 is 2.38 bits per heavy atom. The van der Waals surface area contributed by atoms with Gasteiger partial charge in [-0.3, -0.25) is 9.59 Å². The first-order chi connectivity index (χ1) is 7.47. The lowest BCUT2D eigenvalue weighted by atomic mass is 9.93. The van der Waals surface area contributed by atoms with E-state index in [-0.39, 0.29) is 18.2 Å². The molecule has 0 aromatic heterocycles. The van der Waals surface area contributed by atoms with Crippen LogP contribution in [-0.2, 0) is 9.59 Å². The molecule has 4 nitrogen and oxygen atoms in total. The van der Waals surface area contributed by atoms with Crippen LogP contribution in [0, 0.1) is 5.92 Å². The summed E-state index contributed by atoms with van der Waals surface area (Å²) in [6, 6.07) is 0. The molecule has 0 heterocycles. The molecule has 0 aromatic carbocycles. The van der Waals surface area contributed by atoms with E-state index in [9.17, 15) is 9.59 Å². The number of carbonyl (C=O) groups excluding carboxylic acids is 1. The van der Waals surface area contributed by atoms with Gasteiger partial charge in [0.15, 0.2) is 0 Å². The minimum Gasteiger partial charge on any atom is -0.481 e. The van der Waals surface area contributed by atoms with Crippen LogP contribution in [0.25, 0.3) is 0 Å². The van der Waals surface area contributed by atoms with Crippen molar-refractivity contribution in [1.29, 1.82) is 0 Å². The Morgan fingerprint density at radius 1 is 1.38 bits per heavy atom. The maximum atomic E-state index is 11.9. The Balaban J connectivity index is 2.54. The fourth-order valence-corrected chi connectivity index (χ4v) is 2.18. The number of carbonyl (C=O) groups is 2. The van der Waals surface area contributed by atoms with E-state index >= 15 is 0 Å². The Kier molecular flexibility index (Phi) is 4.33. The number of hydrogen-bond donors (Lipinski definition) is 2. The number of nitrogens with one attached hydrogen (secondary N) is 1. The molecule has 0 spiro atoms. The topological polar surface area (TPSA) is 66.4 Å². The fourth-order valence-electron chi connectivity index (χ4n) is 2.18. The van der Waals surface area contributed by atoms with Crippen LogP contribution in [0.15, 0.2) is 0 Å². The third kappa shape index (κ3) is 3.51. The van der Waals surface area contributed by atoms with E-state index in [0.717, 1.165) is 25.7 Å². The second kappa shape index (κ2) is 5.32. The highest BCUT2D eigenvalue weighted by Crippen LogP contribution is 2.26. The molecule has 1 atom stereocenters. The summed E-state index contributed by atoms with van der Waals surface area (Å²) in [6.07, 6.45) is 4.73. The first kappa shape index (κ1) is 13.0. The summed E-state index contributed by atoms with van der Waals surface area (Å²) in [5.74, 6) is -0.737. The molecule has 1 fully saturated rings. The quantitative estimate of drug-likeness (QED) is 0.754. The number of amides is 1. The van der Waals surface area contributed by atoms with E-state index in [2.05, 4.69) is 5.32 Å². The van der Waals surface area contributed by atoms with Gasteiger partial charge in [0, 0.05) is 11.5 Å². The van der Waals surface area contributed by atoms with E-state index in [1.807, 2.05) is 6.92 Å². The smallest absolute Gasteiger partial charge is 0.305 e. The van der Waals surface area contributed by atoms with Gasteiger partial charge in [0.05, 0.1) is 6.42 Å². The molecule has 2 N–H and O–H groups in total. The molecule has 1 amide bonds. The van der Waals surface area contributed by atoms with Gasteiger partial charge < -0.3 is 10.4 Å². The van der Waals surface area contributed by atoms with Gasteiger partial charge in [0.2, 0.25) is 5.91 Å². The average molecular weight is 227 g/mol. The minimum absolute atomic E-state index is 0.0119. The van der Waals surface area contributed by atoms with Crippen LogP contribution in [0.1, 0.15) is 52.4 Å². The van der Waals surface area contributed by atoms with Crippen molar-refractivity contribution in [2.24, 2.45) is 5.92 Å². The second-order valence-electron chi connectivity index (χ2n) is 4.96. The van der Waals surface area contributed by atoms with Crippen molar-refractivity contribution >= 4 is 11.9 Å². The zero-order valence-corrected chi connectivity index (χ0v) is 10.1. The summed E-state index contributed by atoms with van der Waals surface area (Å²) in [5, 5.41) is 11.7. The highest BCUT2D eigenvalue weighted by molar-refractivity contribution is 5.80. The van der Waals surface area contributed by atoms with Crippen molar-refractivity contribution < 1.29 is 14.7 Å². The number of carboxylic acid groups (broad SMARTS) is 1. The second-order valence-corrected chi connectivity index (χ2v) is 4.96. The van der Waals surface area contributed by atoms with Gasteiger partial charge >= 0.3 is 5.97 Å². The van der Waals surface area contributed by atoms with Gasteiger partial charge in [-0.05, 0) is 26.2 Å². The van der Waals surface area contributed by atoms with Gasteiger partial charge in [-0.2, -0.15) is 0 Å². The SMILES string of the molecule is CCC(C)(CC(=O)O)NC(=O)C1CCCC1. The van der Waals surface area contributed by atoms with Gasteiger partial charge in [0.1, 0.15) is 0 Å². The molecular formula is C12H21NO3. The van der Waals surface area contributed by atoms with Gasteiger partial charge in [0.25, 0.3) is 0 Å². The number of carboxylic acids is 1. The molecule has 1 rings (SSSR count). The normalized spacial score (nSPS) is 20.4. The molecule has 0 aliphatic heterocycles. The Labute approximate surface area is 96.4 Å². The van der Waals surface area contributed by atoms with Crippen molar-refractivity contribution in [1.82, 2.24) is 5.32 Å². The van der Waals surface area contributed by atoms with Crippen molar-refractivity contribution in [3.8, 4) is 0 Å². The fraction of sp³-hybridized carbons (Fsp3) is 0.833. The lowest BCUT2D eigenvalue weighted by molar-refractivity contribution is -0.139. The summed E-state index contributed by atoms with van der Waals surface area (Å²) in [6.45, 7) is 3.70. The first-order valence-corrected chi connectivity index (χ1v) is 6.00. The summed E-state index contributed by atoms with van der Waals surface area (Å²) in [4.78, 5) is 22.6. The van der Waals surface area contributed by atoms with Crippen LogP contribution in [0.2, 0.25) is 0 Å². The molecule has 1 saturated carbocycles. The average Bonchev–Trinajstić information content (AvgIpc) is 2.69. The highest BCUT2D eigenvalue weighted by Gasteiger charge is 2.31. The van der Waals surface area contributed by atoms with Crippen LogP contribution in [0.4, 0.5) is 0 Å². The van der Waals surface area contributed by atoms with E-state index in [0.29, 0.717) is 6.42 Å². The standard InChI is InChI=1S/C12H21NO3/c1-3-12(2,8-10(14)15)13-11(16)9-6-4-5-7-9/h9H,3-8H2,1-2H3,(H,13,16)(H,14,15). The Morgan fingerprint density at radius 2 is 1.94 bits per heavy atom. The molecule has 0 saturated heterocycles. The predicted octanol–water partition coefficient (Wildman–Crippen LogP) is 1.94. The highest BCUT2D eigenvalue weighted by atomic mass is 16.4. The van der Waals surface area contributed by atoms with Crippen LogP contribution in [0.5, 0.6) is 0 Å². The summed E-state index contributed by atoms with van der Waals surface area (Å²) < 4.78 is 0. The molecule has 1 aliphatic carbocycles. The monoisotopic (exact) mass is 227 g/mol. The van der Waals surface area contributed by atoms with Gasteiger partial charge in [-0.25, -0.2) is 0 Å². The number of aliphatic carboxylic acids is 1. The van der Waals surface area contributed by atoms with Crippen molar-refractivity contribution in [2.45, 2.75) is 57.9 Å². The lowest BCUT2D eigenvalue weighted by Gasteiger charge is -2.29. The van der Waals surface area contributed by atoms with E-state index in [1.54, 1.807) is 6.92 Å². The molecule has 1 unspecified atom stereocenters. The van der Waals surface area contributed by atoms with Crippen LogP contribution in [0.3, 0.4) is 0 Å². The van der Waals surface area contributed by atoms with Gasteiger partial charge in [-0.1, -0.05) is 19.8 Å². The largest absolute Gasteiger partial charge is 0.481 e. The van der Waals surface area contributed by atoms with E-state index in [1.165, 1.54) is 0 Å². The first-order valence-electron chi connectivity index (χ1n) is 6.00. The number of hydrogen-bond acceptors (Lipinski definition) is 2.